The summed E-state index contributed by atoms with van der Waals surface area (Å²) in [7, 11) is 7.79. The van der Waals surface area contributed by atoms with Gasteiger partial charge in [0, 0.05) is 120 Å². The molecule has 5 saturated carbocycles. The predicted octanol–water partition coefficient (Wildman–Crippen LogP) is 19.8. The molecule has 0 amide bonds. The van der Waals surface area contributed by atoms with Gasteiger partial charge in [0.05, 0.1) is 124 Å². The number of nitriles is 1. The number of anilines is 5. The Morgan fingerprint density at radius 2 is 0.767 bits per heavy atom. The van der Waals surface area contributed by atoms with Gasteiger partial charge >= 0.3 is 5.69 Å². The molecule has 32 nitrogen and oxygen atoms in total. The smallest absolute Gasteiger partial charge is 0.308 e. The lowest BCUT2D eigenvalue weighted by Gasteiger charge is -2.19. The molecule has 5 heterocycles. The van der Waals surface area contributed by atoms with Crippen molar-refractivity contribution in [2.24, 2.45) is 5.73 Å². The Balaban J connectivity index is 0.000000192. The second kappa shape index (κ2) is 59.5. The van der Waals surface area contributed by atoms with E-state index in [0.29, 0.717) is 116 Å². The minimum absolute atomic E-state index is 0.00794. The molecule has 5 aromatic carbocycles. The summed E-state index contributed by atoms with van der Waals surface area (Å²) in [6.07, 6.45) is 38.8. The van der Waals surface area contributed by atoms with Gasteiger partial charge in [0.1, 0.15) is 16.4 Å². The lowest BCUT2D eigenvalue weighted by Crippen LogP contribution is -2.22. The number of nitrogens with zero attached hydrogens (tertiary/aromatic N) is 9. The van der Waals surface area contributed by atoms with Crippen molar-refractivity contribution in [1.29, 1.82) is 5.26 Å². The van der Waals surface area contributed by atoms with Gasteiger partial charge in [-0.15, -0.1) is 23.2 Å². The van der Waals surface area contributed by atoms with Crippen molar-refractivity contribution < 1.29 is 66.5 Å². The number of hydrogen-bond donors (Lipinski definition) is 7. The molecular formula is C93H142BrCl2FN16O16. The molecule has 0 radical (unpaired) electrons. The van der Waals surface area contributed by atoms with Crippen molar-refractivity contribution in [3.05, 3.63) is 96.8 Å². The zero-order chi connectivity index (χ0) is 92.5. The van der Waals surface area contributed by atoms with Gasteiger partial charge in [-0.3, -0.25) is 30.3 Å². The van der Waals surface area contributed by atoms with E-state index in [2.05, 4.69) is 61.4 Å². The molecular weight excluding hydrogens is 1770 g/mol. The van der Waals surface area contributed by atoms with E-state index in [1.165, 1.54) is 207 Å². The van der Waals surface area contributed by atoms with E-state index < -0.39 is 21.4 Å². The number of alkyl halides is 2. The standard InChI is InChI=1S/C20H30N4O2.C19H29N3O4.C19H31N3O2.C15H21ClN2O4.C10H11ClFNO4.C5H11N.C4H9N.CBrN/c1-25-18-14-17-16(22-20(21)24(17)15-7-2-3-8-15)13-19(18)26-12-6-11-23-9-4-5-10-23;1-25-18-13-16(20-15-7-2-3-8-15)17(22(23)24)14-19(18)26-12-6-11-21-9-4-5-10-21;1-23-18-14-17(21-15-7-2-3-8-15)16(20)13-19(18)24-12-6-11-22-9-4-5-10-22;1-21-14-9-12(17-11-5-2-3-6-11)13(18(19)20)10-15(14)22-8-4-7-16;1-16-9-5-7(12)8(13(14)15)6-10(9)17-4-2-3-11;6-5-3-1-2-4-5;1-2-4-5-3-1;2-1-3/h13-15H,2-12H2,1H3,(H2,21,22);13-15,20H,2-12H2,1H3;13-15,21H,2-12,20H2,1H3;9-11,17H,2-8H2,1H3;5-6H,2-4H2,1H3;5H,1-4,6H2;5H,1-4H2;. The zero-order valence-corrected chi connectivity index (χ0v) is 79.6. The van der Waals surface area contributed by atoms with Gasteiger partial charge in [0.25, 0.3) is 11.4 Å². The number of methoxy groups -OCH3 is 5. The molecule has 15 rings (SSSR count). The van der Waals surface area contributed by atoms with Crippen LogP contribution in [0.5, 0.6) is 57.5 Å². The number of nitrogens with two attached hydrogens (primary N) is 3. The highest BCUT2D eigenvalue weighted by molar-refractivity contribution is 9.12. The number of halogens is 4. The van der Waals surface area contributed by atoms with Gasteiger partial charge < -0.3 is 105 Å². The molecule has 0 spiro atoms. The van der Waals surface area contributed by atoms with Crippen LogP contribution in [0.25, 0.3) is 11.0 Å². The Kier molecular flexibility index (Phi) is 48.6. The molecule has 0 bridgehead atoms. The maximum atomic E-state index is 13.3. The first-order valence-corrected chi connectivity index (χ1v) is 48.4. The summed E-state index contributed by atoms with van der Waals surface area (Å²) in [6.45, 7) is 15.6. The number of fused-ring (bicyclic) bond motifs is 1. The summed E-state index contributed by atoms with van der Waals surface area (Å²) in [4.78, 5) is 45.4. The third-order valence-electron chi connectivity index (χ3n) is 24.2. The fraction of sp³-hybridized carbons (Fsp3) is 0.656. The lowest BCUT2D eigenvalue weighted by atomic mass is 10.2. The van der Waals surface area contributed by atoms with Crippen molar-refractivity contribution in [1.82, 2.24) is 29.6 Å². The first-order chi connectivity index (χ1) is 62.7. The second-order valence-corrected chi connectivity index (χ2v) is 34.7. The van der Waals surface area contributed by atoms with Gasteiger partial charge in [-0.05, 0) is 200 Å². The molecule has 0 unspecified atom stereocenters. The maximum absolute atomic E-state index is 13.3. The molecule has 718 valence electrons. The first-order valence-electron chi connectivity index (χ1n) is 46.5. The number of hydrogen-bond acceptors (Lipinski definition) is 28. The summed E-state index contributed by atoms with van der Waals surface area (Å²) >= 11 is 13.5. The maximum Gasteiger partial charge on any atom is 0.308 e. The number of likely N-dealkylation sites (tertiary alicyclic amines) is 3. The zero-order valence-electron chi connectivity index (χ0n) is 76.5. The van der Waals surface area contributed by atoms with E-state index in [1.807, 2.05) is 24.3 Å². The van der Waals surface area contributed by atoms with Gasteiger partial charge in [-0.2, -0.15) is 9.65 Å². The summed E-state index contributed by atoms with van der Waals surface area (Å²) in [5.74, 6) is 5.63. The van der Waals surface area contributed by atoms with Crippen LogP contribution in [0.3, 0.4) is 0 Å². The third kappa shape index (κ3) is 35.9. The minimum Gasteiger partial charge on any atom is -0.493 e. The van der Waals surface area contributed by atoms with Crippen molar-refractivity contribution in [2.45, 2.75) is 242 Å². The molecule has 4 saturated heterocycles. The van der Waals surface area contributed by atoms with Crippen LogP contribution in [0, 0.1) is 46.4 Å². The van der Waals surface area contributed by atoms with E-state index >= 15 is 0 Å². The van der Waals surface area contributed by atoms with Crippen LogP contribution in [-0.4, -0.2) is 216 Å². The van der Waals surface area contributed by atoms with Crippen LogP contribution in [0.4, 0.5) is 50.2 Å². The SMILES string of the molecule is C1CCNC1.COc1cc(F)c([N+](=O)[O-])cc1OCCCCl.COc1cc(NC2CCCC2)c(N)cc1OCCCN1CCCC1.COc1cc(NC2CCCC2)c([N+](=O)[O-])cc1OCCCCl.COc1cc(NC2CCCC2)c([N+](=O)[O-])cc1OCCCN1CCCC1.COc1cc2c(cc1OCCCN1CCCC1)nc(N)n2C1CCCC1.N#CBr.NC1CCCC1. The van der Waals surface area contributed by atoms with Crippen molar-refractivity contribution in [3.8, 4) is 62.5 Å². The van der Waals surface area contributed by atoms with Gasteiger partial charge in [0.2, 0.25) is 11.8 Å². The van der Waals surface area contributed by atoms with E-state index in [0.717, 1.165) is 148 Å². The molecule has 1 aromatic heterocycles. The molecule has 5 aliphatic carbocycles. The molecule has 9 fully saturated rings. The summed E-state index contributed by atoms with van der Waals surface area (Å²) < 4.78 is 70.7. The highest BCUT2D eigenvalue weighted by atomic mass is 79.9. The number of nitro groups is 3. The van der Waals surface area contributed by atoms with Crippen molar-refractivity contribution >= 4 is 95.9 Å². The minimum atomic E-state index is -0.962. The molecule has 6 aromatic rings. The van der Waals surface area contributed by atoms with Crippen LogP contribution in [0.2, 0.25) is 0 Å². The highest BCUT2D eigenvalue weighted by Crippen LogP contribution is 2.44. The number of aromatic nitrogens is 2. The fourth-order valence-corrected chi connectivity index (χ4v) is 17.6. The number of rotatable bonds is 38. The number of nitrogens with one attached hydrogen (secondary N) is 4. The number of ether oxygens (including phenoxy) is 10. The van der Waals surface area contributed by atoms with Gasteiger partial charge in [-0.25, -0.2) is 4.98 Å². The fourth-order valence-electron chi connectivity index (χ4n) is 17.4. The second-order valence-electron chi connectivity index (χ2n) is 33.6. The Hall–Kier alpha value is -8.95. The van der Waals surface area contributed by atoms with Crippen LogP contribution < -0.4 is 85.8 Å². The summed E-state index contributed by atoms with van der Waals surface area (Å²) in [5, 5.41) is 54.0. The monoisotopic (exact) mass is 1910 g/mol. The molecule has 129 heavy (non-hydrogen) atoms. The molecule has 9 aliphatic rings. The van der Waals surface area contributed by atoms with Crippen LogP contribution in [0.15, 0.2) is 60.7 Å². The summed E-state index contributed by atoms with van der Waals surface area (Å²) in [6, 6.07) is 18.2. The average Bonchev–Trinajstić information content (AvgIpc) is 1.62. The van der Waals surface area contributed by atoms with Crippen molar-refractivity contribution in [3.63, 3.8) is 0 Å². The predicted molar refractivity (Wildman–Crippen MR) is 514 cm³/mol. The van der Waals surface area contributed by atoms with E-state index in [4.69, 9.17) is 93.0 Å². The van der Waals surface area contributed by atoms with Crippen LogP contribution in [0.1, 0.15) is 218 Å². The van der Waals surface area contributed by atoms with Gasteiger partial charge in [-0.1, -0.05) is 64.2 Å². The van der Waals surface area contributed by atoms with Crippen molar-refractivity contribution in [2.75, 3.05) is 180 Å². The number of benzene rings is 5. The number of nitro benzene ring substituents is 3. The number of nitrogen functional groups attached to an aromatic ring is 2. The molecule has 10 N–H and O–H groups in total. The molecule has 4 aliphatic heterocycles. The quantitative estimate of drug-likeness (QED) is 0.00622. The Morgan fingerprint density at radius 3 is 1.11 bits per heavy atom. The van der Waals surface area contributed by atoms with E-state index in [-0.39, 0.29) is 40.4 Å². The van der Waals surface area contributed by atoms with E-state index in [1.54, 1.807) is 38.4 Å². The first kappa shape index (κ1) is 105. The van der Waals surface area contributed by atoms with Crippen LogP contribution in [-0.2, 0) is 0 Å². The lowest BCUT2D eigenvalue weighted by molar-refractivity contribution is -0.387. The topological polar surface area (TPSA) is 399 Å². The normalized spacial score (nSPS) is 17.0. The largest absolute Gasteiger partial charge is 0.493 e. The Bertz CT molecular complexity index is 4310. The molecule has 0 atom stereocenters. The third-order valence-corrected chi connectivity index (χ3v) is 24.7. The number of imidazole rings is 1. The average molecular weight is 1910 g/mol. The summed E-state index contributed by atoms with van der Waals surface area (Å²) in [5.41, 5.74) is 22.0. The molecule has 36 heteroatoms. The van der Waals surface area contributed by atoms with Crippen LogP contribution >= 0.6 is 39.1 Å². The van der Waals surface area contributed by atoms with E-state index in [9.17, 15) is 34.7 Å². The Labute approximate surface area is 779 Å². The Morgan fingerprint density at radius 1 is 0.450 bits per heavy atom. The van der Waals surface area contributed by atoms with Gasteiger partial charge in [0.15, 0.2) is 57.5 Å². The highest BCUT2D eigenvalue weighted by Gasteiger charge is 2.29.